The van der Waals surface area contributed by atoms with Crippen molar-refractivity contribution >= 4 is 29.3 Å². The van der Waals surface area contributed by atoms with E-state index in [0.717, 1.165) is 0 Å². The lowest BCUT2D eigenvalue weighted by atomic mass is 9.98. The van der Waals surface area contributed by atoms with Crippen molar-refractivity contribution in [3.8, 4) is 0 Å². The molecule has 0 heterocycles. The predicted molar refractivity (Wildman–Crippen MR) is 90.3 cm³/mol. The molecule has 0 atom stereocenters. The Balaban J connectivity index is 2.20. The lowest BCUT2D eigenvalue weighted by Crippen LogP contribution is -2.28. The highest BCUT2D eigenvalue weighted by molar-refractivity contribution is 6.30. The van der Waals surface area contributed by atoms with E-state index in [1.807, 2.05) is 0 Å². The van der Waals surface area contributed by atoms with E-state index in [-0.39, 0.29) is 16.9 Å². The molecule has 1 amide bonds. The second-order valence-corrected chi connectivity index (χ2v) is 5.35. The average molecular weight is 346 g/mol. The molecule has 0 fully saturated rings. The smallest absolute Gasteiger partial charge is 0.339 e. The summed E-state index contributed by atoms with van der Waals surface area (Å²) in [5, 5.41) is 3.04. The Kier molecular flexibility index (Phi) is 6.09. The number of rotatable bonds is 6. The molecule has 0 spiro atoms. The minimum absolute atomic E-state index is 0.113. The summed E-state index contributed by atoms with van der Waals surface area (Å²) in [6, 6.07) is 12.7. The van der Waals surface area contributed by atoms with E-state index in [2.05, 4.69) is 5.32 Å². The normalized spacial score (nSPS) is 10.1. The van der Waals surface area contributed by atoms with E-state index in [0.29, 0.717) is 17.1 Å². The quantitative estimate of drug-likeness (QED) is 0.645. The largest absolute Gasteiger partial charge is 0.452 e. The van der Waals surface area contributed by atoms with Crippen molar-refractivity contribution in [2.75, 3.05) is 13.2 Å². The molecule has 124 valence electrons. The van der Waals surface area contributed by atoms with Crippen LogP contribution in [0.3, 0.4) is 0 Å². The third-order valence-electron chi connectivity index (χ3n) is 3.21. The van der Waals surface area contributed by atoms with E-state index in [1.54, 1.807) is 49.4 Å². The molecule has 0 aromatic heterocycles. The Morgan fingerprint density at radius 3 is 2.25 bits per heavy atom. The minimum atomic E-state index is -0.723. The van der Waals surface area contributed by atoms with Crippen molar-refractivity contribution in [1.29, 1.82) is 0 Å². The Hall–Kier alpha value is -2.66. The number of amides is 1. The molecule has 0 aliphatic carbocycles. The van der Waals surface area contributed by atoms with Crippen LogP contribution in [0.4, 0.5) is 0 Å². The number of likely N-dealkylation sites (N-methyl/N-ethyl adjacent to an activating group) is 1. The second-order valence-electron chi connectivity index (χ2n) is 4.91. The van der Waals surface area contributed by atoms with Gasteiger partial charge in [0, 0.05) is 22.7 Å². The van der Waals surface area contributed by atoms with Gasteiger partial charge in [-0.25, -0.2) is 4.79 Å². The first kappa shape index (κ1) is 17.7. The van der Waals surface area contributed by atoms with Gasteiger partial charge in [0.15, 0.2) is 12.4 Å². The molecular weight excluding hydrogens is 330 g/mol. The van der Waals surface area contributed by atoms with Crippen molar-refractivity contribution in [2.24, 2.45) is 0 Å². The summed E-state index contributed by atoms with van der Waals surface area (Å²) in [4.78, 5) is 36.2. The standard InChI is InChI=1S/C18H16ClNO4/c1-2-20-16(21)11-24-18(23)15-6-4-3-5-14(15)17(22)12-7-9-13(19)10-8-12/h3-10H,2,11H2,1H3,(H,20,21). The number of nitrogens with one attached hydrogen (secondary N) is 1. The van der Waals surface area contributed by atoms with Crippen molar-refractivity contribution in [1.82, 2.24) is 5.32 Å². The molecule has 5 nitrogen and oxygen atoms in total. The molecule has 0 radical (unpaired) electrons. The molecular formula is C18H16ClNO4. The molecule has 24 heavy (non-hydrogen) atoms. The number of ether oxygens (including phenoxy) is 1. The van der Waals surface area contributed by atoms with Gasteiger partial charge < -0.3 is 10.1 Å². The van der Waals surface area contributed by atoms with Gasteiger partial charge >= 0.3 is 5.97 Å². The van der Waals surface area contributed by atoms with Gasteiger partial charge in [-0.2, -0.15) is 0 Å². The summed E-state index contributed by atoms with van der Waals surface area (Å²) in [6.45, 7) is 1.82. The number of hydrogen-bond acceptors (Lipinski definition) is 4. The molecule has 0 saturated heterocycles. The summed E-state index contributed by atoms with van der Waals surface area (Å²) >= 11 is 5.82. The maximum atomic E-state index is 12.6. The highest BCUT2D eigenvalue weighted by Gasteiger charge is 2.19. The van der Waals surface area contributed by atoms with E-state index in [9.17, 15) is 14.4 Å². The molecule has 0 aliphatic heterocycles. The van der Waals surface area contributed by atoms with Gasteiger partial charge in [0.2, 0.25) is 0 Å². The number of carbonyl (C=O) groups excluding carboxylic acids is 3. The van der Waals surface area contributed by atoms with Gasteiger partial charge in [0.25, 0.3) is 5.91 Å². The number of carbonyl (C=O) groups is 3. The average Bonchev–Trinajstić information content (AvgIpc) is 2.60. The van der Waals surface area contributed by atoms with Crippen LogP contribution in [0.25, 0.3) is 0 Å². The molecule has 6 heteroatoms. The summed E-state index contributed by atoms with van der Waals surface area (Å²) in [7, 11) is 0. The van der Waals surface area contributed by atoms with Crippen LogP contribution in [-0.4, -0.2) is 30.8 Å². The van der Waals surface area contributed by atoms with Gasteiger partial charge in [-0.3, -0.25) is 9.59 Å². The Bertz CT molecular complexity index is 756. The van der Waals surface area contributed by atoms with Crippen molar-refractivity contribution < 1.29 is 19.1 Å². The fourth-order valence-electron chi connectivity index (χ4n) is 2.07. The van der Waals surface area contributed by atoms with Crippen LogP contribution in [0.2, 0.25) is 5.02 Å². The summed E-state index contributed by atoms with van der Waals surface area (Å²) < 4.78 is 4.96. The Morgan fingerprint density at radius 1 is 1.00 bits per heavy atom. The number of esters is 1. The van der Waals surface area contributed by atoms with Crippen LogP contribution >= 0.6 is 11.6 Å². The maximum absolute atomic E-state index is 12.6. The first-order valence-corrected chi connectivity index (χ1v) is 7.74. The van der Waals surface area contributed by atoms with Crippen molar-refractivity contribution in [3.63, 3.8) is 0 Å². The van der Waals surface area contributed by atoms with Crippen molar-refractivity contribution in [2.45, 2.75) is 6.92 Å². The third kappa shape index (κ3) is 4.43. The number of benzene rings is 2. The zero-order valence-electron chi connectivity index (χ0n) is 13.0. The molecule has 2 aromatic carbocycles. The Morgan fingerprint density at radius 2 is 1.62 bits per heavy atom. The first-order valence-electron chi connectivity index (χ1n) is 7.36. The highest BCUT2D eigenvalue weighted by atomic mass is 35.5. The molecule has 0 unspecified atom stereocenters. The van der Waals surface area contributed by atoms with Gasteiger partial charge in [-0.1, -0.05) is 29.8 Å². The third-order valence-corrected chi connectivity index (χ3v) is 3.46. The summed E-state index contributed by atoms with van der Waals surface area (Å²) in [5.74, 6) is -1.44. The lowest BCUT2D eigenvalue weighted by Gasteiger charge is -2.09. The SMILES string of the molecule is CCNC(=O)COC(=O)c1ccccc1C(=O)c1ccc(Cl)cc1. The monoisotopic (exact) mass is 345 g/mol. The second kappa shape index (κ2) is 8.26. The molecule has 2 aromatic rings. The zero-order valence-corrected chi connectivity index (χ0v) is 13.8. The fourth-order valence-corrected chi connectivity index (χ4v) is 2.20. The molecule has 0 saturated carbocycles. The van der Waals surface area contributed by atoms with E-state index in [1.165, 1.54) is 6.07 Å². The van der Waals surface area contributed by atoms with E-state index < -0.39 is 18.5 Å². The fraction of sp³-hybridized carbons (Fsp3) is 0.167. The molecule has 2 rings (SSSR count). The van der Waals surface area contributed by atoms with Gasteiger partial charge in [-0.15, -0.1) is 0 Å². The van der Waals surface area contributed by atoms with Crippen LogP contribution in [0, 0.1) is 0 Å². The Labute approximate surface area is 144 Å². The summed E-state index contributed by atoms with van der Waals surface area (Å²) in [6.07, 6.45) is 0. The van der Waals surface area contributed by atoms with Crippen molar-refractivity contribution in [3.05, 3.63) is 70.2 Å². The van der Waals surface area contributed by atoms with Crippen LogP contribution < -0.4 is 5.32 Å². The maximum Gasteiger partial charge on any atom is 0.339 e. The highest BCUT2D eigenvalue weighted by Crippen LogP contribution is 2.17. The lowest BCUT2D eigenvalue weighted by molar-refractivity contribution is -0.124. The predicted octanol–water partition coefficient (Wildman–Crippen LogP) is 2.86. The zero-order chi connectivity index (χ0) is 17.5. The molecule has 1 N–H and O–H groups in total. The molecule has 0 bridgehead atoms. The number of hydrogen-bond donors (Lipinski definition) is 1. The van der Waals surface area contributed by atoms with E-state index in [4.69, 9.17) is 16.3 Å². The van der Waals surface area contributed by atoms with Crippen LogP contribution in [-0.2, 0) is 9.53 Å². The van der Waals surface area contributed by atoms with Gasteiger partial charge in [0.05, 0.1) is 5.56 Å². The van der Waals surface area contributed by atoms with Crippen LogP contribution in [0.1, 0.15) is 33.2 Å². The topological polar surface area (TPSA) is 72.5 Å². The van der Waals surface area contributed by atoms with Crippen LogP contribution in [0.15, 0.2) is 48.5 Å². The van der Waals surface area contributed by atoms with Gasteiger partial charge in [-0.05, 0) is 37.3 Å². The minimum Gasteiger partial charge on any atom is -0.452 e. The van der Waals surface area contributed by atoms with Crippen LogP contribution in [0.5, 0.6) is 0 Å². The molecule has 0 aliphatic rings. The summed E-state index contributed by atoms with van der Waals surface area (Å²) in [5.41, 5.74) is 0.728. The number of ketones is 1. The van der Waals surface area contributed by atoms with E-state index >= 15 is 0 Å². The number of halogens is 1. The first-order chi connectivity index (χ1) is 11.5. The van der Waals surface area contributed by atoms with Gasteiger partial charge in [0.1, 0.15) is 0 Å².